The Bertz CT molecular complexity index is 732. The van der Waals surface area contributed by atoms with Crippen molar-refractivity contribution in [2.24, 2.45) is 46.3 Å². The fraction of sp³-hybridized carbons (Fsp3) is 0.926. The summed E-state index contributed by atoms with van der Waals surface area (Å²) < 4.78 is 0. The van der Waals surface area contributed by atoms with Crippen LogP contribution in [-0.4, -0.2) is 15.6 Å². The molecule has 4 aliphatic rings. The number of aliphatic hydroxyl groups is 1. The Balaban J connectivity index is 1.52. The maximum atomic E-state index is 11.6. The van der Waals surface area contributed by atoms with Crippen LogP contribution in [0.3, 0.4) is 0 Å². The predicted molar refractivity (Wildman–Crippen MR) is 125 cm³/mol. The minimum Gasteiger partial charge on any atom is -0.385 e. The second kappa shape index (κ2) is 8.15. The molecule has 4 nitrogen and oxygen atoms in total. The number of nitrogens with zero attached hydrogens (tertiary/aromatic N) is 1. The van der Waals surface area contributed by atoms with E-state index in [-0.39, 0.29) is 16.0 Å². The zero-order valence-corrected chi connectivity index (χ0v) is 20.5. The molecule has 0 aromatic carbocycles. The minimum atomic E-state index is -0.995. The predicted octanol–water partition coefficient (Wildman–Crippen LogP) is 6.99. The Morgan fingerprint density at radius 1 is 1.06 bits per heavy atom. The average molecular weight is 432 g/mol. The van der Waals surface area contributed by atoms with Crippen LogP contribution in [0, 0.1) is 56.5 Å². The van der Waals surface area contributed by atoms with E-state index in [0.29, 0.717) is 30.1 Å². The summed E-state index contributed by atoms with van der Waals surface area (Å²) in [5.41, 5.74) is -0.529. The highest BCUT2D eigenvalue weighted by Gasteiger charge is 2.64. The molecule has 0 aliphatic heterocycles. The summed E-state index contributed by atoms with van der Waals surface area (Å²) in [6.45, 7) is 12.0. The van der Waals surface area contributed by atoms with Crippen LogP contribution in [0.15, 0.2) is 11.8 Å². The topological polar surface area (TPSA) is 63.4 Å². The van der Waals surface area contributed by atoms with Crippen LogP contribution in [0.1, 0.15) is 105 Å². The van der Waals surface area contributed by atoms with Crippen molar-refractivity contribution in [3.05, 3.63) is 21.9 Å². The third-order valence-electron chi connectivity index (χ3n) is 10.8. The van der Waals surface area contributed by atoms with Gasteiger partial charge in [0.1, 0.15) is 0 Å². The van der Waals surface area contributed by atoms with E-state index in [0.717, 1.165) is 36.5 Å². The van der Waals surface area contributed by atoms with Gasteiger partial charge in [-0.1, -0.05) is 53.9 Å². The lowest BCUT2D eigenvalue weighted by atomic mass is 9.44. The molecule has 4 heteroatoms. The molecule has 0 bridgehead atoms. The molecule has 0 spiro atoms. The van der Waals surface area contributed by atoms with Gasteiger partial charge >= 0.3 is 0 Å². The van der Waals surface area contributed by atoms with Crippen LogP contribution in [-0.2, 0) is 0 Å². The minimum absolute atomic E-state index is 0.211. The molecular formula is C27H45NO3. The first kappa shape index (κ1) is 23.3. The first-order valence-corrected chi connectivity index (χ1v) is 13.1. The second-order valence-electron chi connectivity index (χ2n) is 12.7. The smallest absolute Gasteiger partial charge is 0.245 e. The van der Waals surface area contributed by atoms with Gasteiger partial charge < -0.3 is 5.11 Å². The standard InChI is InChI=1S/C27H45NO3/c1-18(2)7-6-8-19(3)22-9-10-23-21-12-16-27(29)17-20(28(30)31)11-15-26(27,5)24(21)13-14-25(22,23)4/h17-19,21-24,29H,6-16H2,1-5H3/t19-,21+,22-,23+,24+,25-,26-,27?/m1/s1. The van der Waals surface area contributed by atoms with Crippen LogP contribution in [0.25, 0.3) is 0 Å². The van der Waals surface area contributed by atoms with E-state index in [1.807, 2.05) is 0 Å². The maximum absolute atomic E-state index is 11.6. The summed E-state index contributed by atoms with van der Waals surface area (Å²) in [6, 6.07) is 0. The Morgan fingerprint density at radius 2 is 1.81 bits per heavy atom. The molecule has 4 rings (SSSR count). The lowest BCUT2D eigenvalue weighted by molar-refractivity contribution is -0.432. The number of nitro groups is 1. The van der Waals surface area contributed by atoms with Crippen LogP contribution in [0.4, 0.5) is 0 Å². The molecule has 0 aromatic rings. The maximum Gasteiger partial charge on any atom is 0.245 e. The summed E-state index contributed by atoms with van der Waals surface area (Å²) in [4.78, 5) is 11.1. The summed E-state index contributed by atoms with van der Waals surface area (Å²) in [5, 5.41) is 23.0. The van der Waals surface area contributed by atoms with Crippen LogP contribution >= 0.6 is 0 Å². The van der Waals surface area contributed by atoms with Crippen LogP contribution < -0.4 is 0 Å². The highest BCUT2D eigenvalue weighted by molar-refractivity contribution is 5.23. The molecular weight excluding hydrogens is 386 g/mol. The highest BCUT2D eigenvalue weighted by Crippen LogP contribution is 2.68. The fourth-order valence-corrected chi connectivity index (χ4v) is 9.02. The van der Waals surface area contributed by atoms with Gasteiger partial charge in [-0.3, -0.25) is 10.1 Å². The largest absolute Gasteiger partial charge is 0.385 e. The highest BCUT2D eigenvalue weighted by atomic mass is 16.6. The van der Waals surface area contributed by atoms with Gasteiger partial charge in [-0.05, 0) is 85.9 Å². The normalized spacial score (nSPS) is 45.5. The van der Waals surface area contributed by atoms with Crippen molar-refractivity contribution >= 4 is 0 Å². The average Bonchev–Trinajstić information content (AvgIpc) is 3.05. The Hall–Kier alpha value is -0.900. The Kier molecular flexibility index (Phi) is 6.12. The molecule has 0 heterocycles. The molecule has 0 saturated heterocycles. The van der Waals surface area contributed by atoms with E-state index in [4.69, 9.17) is 0 Å². The first-order chi connectivity index (χ1) is 14.5. The number of hydrogen-bond acceptors (Lipinski definition) is 3. The lowest BCUT2D eigenvalue weighted by Gasteiger charge is -2.62. The molecule has 0 amide bonds. The zero-order chi connectivity index (χ0) is 22.6. The van der Waals surface area contributed by atoms with Crippen molar-refractivity contribution in [1.29, 1.82) is 0 Å². The van der Waals surface area contributed by atoms with Gasteiger partial charge in [-0.2, -0.15) is 0 Å². The number of rotatable bonds is 6. The SMILES string of the molecule is CC(C)CCC[C@@H](C)[C@H]1CC[C@H]2[C@@H]3CCC4(O)C=C([N+](=O)[O-])CC[C@]4(C)[C@H]3CC[C@]12C. The summed E-state index contributed by atoms with van der Waals surface area (Å²) in [6.07, 6.45) is 13.9. The first-order valence-electron chi connectivity index (χ1n) is 13.1. The molecule has 0 aromatic heterocycles. The van der Waals surface area contributed by atoms with Crippen molar-refractivity contribution in [2.75, 3.05) is 0 Å². The molecule has 3 fully saturated rings. The van der Waals surface area contributed by atoms with Crippen LogP contribution in [0.2, 0.25) is 0 Å². The van der Waals surface area contributed by atoms with Gasteiger partial charge in [0.05, 0.1) is 10.5 Å². The number of fused-ring (bicyclic) bond motifs is 5. The second-order valence-corrected chi connectivity index (χ2v) is 12.7. The molecule has 1 N–H and O–H groups in total. The third-order valence-corrected chi connectivity index (χ3v) is 10.8. The number of hydrogen-bond donors (Lipinski definition) is 1. The van der Waals surface area contributed by atoms with E-state index in [1.54, 1.807) is 6.08 Å². The van der Waals surface area contributed by atoms with Crippen molar-refractivity contribution < 1.29 is 10.0 Å². The summed E-state index contributed by atoms with van der Waals surface area (Å²) in [7, 11) is 0. The van der Waals surface area contributed by atoms with E-state index in [2.05, 4.69) is 34.6 Å². The van der Waals surface area contributed by atoms with Crippen molar-refractivity contribution in [1.82, 2.24) is 0 Å². The molecule has 31 heavy (non-hydrogen) atoms. The molecule has 1 unspecified atom stereocenters. The van der Waals surface area contributed by atoms with E-state index in [1.165, 1.54) is 44.9 Å². The van der Waals surface area contributed by atoms with Gasteiger partial charge in [0.25, 0.3) is 0 Å². The quantitative estimate of drug-likeness (QED) is 0.364. The van der Waals surface area contributed by atoms with Crippen molar-refractivity contribution in [2.45, 2.75) is 111 Å². The van der Waals surface area contributed by atoms with Gasteiger partial charge in [-0.25, -0.2) is 0 Å². The monoisotopic (exact) mass is 431 g/mol. The third kappa shape index (κ3) is 3.69. The van der Waals surface area contributed by atoms with E-state index < -0.39 is 5.60 Å². The molecule has 0 radical (unpaired) electrons. The van der Waals surface area contributed by atoms with Gasteiger partial charge in [-0.15, -0.1) is 0 Å². The molecule has 3 saturated carbocycles. The van der Waals surface area contributed by atoms with Crippen molar-refractivity contribution in [3.63, 3.8) is 0 Å². The number of allylic oxidation sites excluding steroid dienone is 1. The van der Waals surface area contributed by atoms with E-state index >= 15 is 0 Å². The lowest BCUT2D eigenvalue weighted by Crippen LogP contribution is -2.60. The fourth-order valence-electron chi connectivity index (χ4n) is 9.02. The molecule has 8 atom stereocenters. The molecule has 4 aliphatic carbocycles. The van der Waals surface area contributed by atoms with E-state index in [9.17, 15) is 15.2 Å². The van der Waals surface area contributed by atoms with Crippen molar-refractivity contribution in [3.8, 4) is 0 Å². The van der Waals surface area contributed by atoms with Gasteiger partial charge in [0, 0.05) is 17.9 Å². The van der Waals surface area contributed by atoms with Crippen LogP contribution in [0.5, 0.6) is 0 Å². The Labute approximate surface area is 189 Å². The zero-order valence-electron chi connectivity index (χ0n) is 20.5. The summed E-state index contributed by atoms with van der Waals surface area (Å²) >= 11 is 0. The Morgan fingerprint density at radius 3 is 2.48 bits per heavy atom. The molecule has 176 valence electrons. The van der Waals surface area contributed by atoms with Gasteiger partial charge in [0.15, 0.2) is 0 Å². The summed E-state index contributed by atoms with van der Waals surface area (Å²) in [5.74, 6) is 4.40. The van der Waals surface area contributed by atoms with Gasteiger partial charge in [0.2, 0.25) is 5.70 Å².